The van der Waals surface area contributed by atoms with Gasteiger partial charge >= 0.3 is 0 Å². The smallest absolute Gasteiger partial charge is 0.240 e. The van der Waals surface area contributed by atoms with E-state index in [1.807, 2.05) is 97.1 Å². The number of amides is 2. The number of carbonyl (C=O) groups is 2. The molecule has 0 saturated heterocycles. The number of benzene rings is 4. The lowest BCUT2D eigenvalue weighted by molar-refractivity contribution is -0.122. The third-order valence-electron chi connectivity index (χ3n) is 7.71. The van der Waals surface area contributed by atoms with Gasteiger partial charge in [-0.2, -0.15) is 10.2 Å². The predicted octanol–water partition coefficient (Wildman–Crippen LogP) is 7.58. The lowest BCUT2D eigenvalue weighted by atomic mass is 10.1. The standard InChI is InChI=1S/C40H46N4O6/c1-47-37-25-33(21-23-35(37)49-29-31-15-9-7-10-16-31)27-41-43-39(45)19-13-5-3-4-6-14-20-40(46)44-42-28-34-22-24-36(38(26-34)48-2)50-30-32-17-11-8-12-18-32/h7-12,15-18,21-28H,3-6,13-14,19-20,29-30H2,1-2H3,(H,43,45)(H,44,46)/b41-27+,42-28+. The summed E-state index contributed by atoms with van der Waals surface area (Å²) in [6.45, 7) is 0.878. The number of unbranched alkanes of at least 4 members (excludes halogenated alkanes) is 5. The molecule has 4 aromatic rings. The minimum Gasteiger partial charge on any atom is -0.493 e. The summed E-state index contributed by atoms with van der Waals surface area (Å²) in [7, 11) is 3.18. The van der Waals surface area contributed by atoms with Crippen molar-refractivity contribution in [2.75, 3.05) is 14.2 Å². The molecular weight excluding hydrogens is 632 g/mol. The summed E-state index contributed by atoms with van der Waals surface area (Å²) in [5, 5.41) is 8.17. The molecule has 4 rings (SSSR count). The summed E-state index contributed by atoms with van der Waals surface area (Å²) >= 11 is 0. The number of hydrogen-bond acceptors (Lipinski definition) is 8. The van der Waals surface area contributed by atoms with E-state index in [9.17, 15) is 9.59 Å². The zero-order chi connectivity index (χ0) is 35.2. The minimum atomic E-state index is -0.126. The topological polar surface area (TPSA) is 120 Å². The second kappa shape index (κ2) is 21.4. The Morgan fingerprint density at radius 1 is 0.540 bits per heavy atom. The Morgan fingerprint density at radius 3 is 1.34 bits per heavy atom. The second-order valence-corrected chi connectivity index (χ2v) is 11.6. The van der Waals surface area contributed by atoms with E-state index >= 15 is 0 Å². The Hall–Kier alpha value is -5.64. The Bertz CT molecular complexity index is 1550. The van der Waals surface area contributed by atoms with E-state index in [0.29, 0.717) is 49.1 Å². The van der Waals surface area contributed by atoms with Crippen LogP contribution in [0.5, 0.6) is 23.0 Å². The van der Waals surface area contributed by atoms with Crippen molar-refractivity contribution in [2.24, 2.45) is 10.2 Å². The van der Waals surface area contributed by atoms with Gasteiger partial charge in [-0.05, 0) is 71.5 Å². The van der Waals surface area contributed by atoms with Gasteiger partial charge < -0.3 is 18.9 Å². The first kappa shape index (κ1) is 37.2. The van der Waals surface area contributed by atoms with Crippen molar-refractivity contribution in [2.45, 2.75) is 64.6 Å². The molecule has 0 bridgehead atoms. The van der Waals surface area contributed by atoms with E-state index in [-0.39, 0.29) is 11.8 Å². The van der Waals surface area contributed by atoms with Crippen LogP contribution in [0.2, 0.25) is 0 Å². The molecule has 0 aliphatic carbocycles. The molecule has 2 amide bonds. The summed E-state index contributed by atoms with van der Waals surface area (Å²) in [5.41, 5.74) is 8.88. The fourth-order valence-electron chi connectivity index (χ4n) is 4.99. The Morgan fingerprint density at radius 2 is 0.940 bits per heavy atom. The van der Waals surface area contributed by atoms with Gasteiger partial charge in [0.1, 0.15) is 13.2 Å². The summed E-state index contributed by atoms with van der Waals surface area (Å²) in [4.78, 5) is 24.4. The van der Waals surface area contributed by atoms with Crippen LogP contribution in [0.25, 0.3) is 0 Å². The van der Waals surface area contributed by atoms with Crippen molar-refractivity contribution < 1.29 is 28.5 Å². The number of rotatable bonds is 21. The largest absolute Gasteiger partial charge is 0.493 e. The zero-order valence-electron chi connectivity index (χ0n) is 28.8. The van der Waals surface area contributed by atoms with Gasteiger partial charge in [-0.3, -0.25) is 9.59 Å². The first-order valence-electron chi connectivity index (χ1n) is 16.9. The third-order valence-corrected chi connectivity index (χ3v) is 7.71. The number of nitrogens with zero attached hydrogens (tertiary/aromatic N) is 2. The Balaban J connectivity index is 1.03. The molecule has 2 N–H and O–H groups in total. The van der Waals surface area contributed by atoms with Crippen LogP contribution in [0.1, 0.15) is 73.6 Å². The molecular formula is C40H46N4O6. The van der Waals surface area contributed by atoms with Crippen molar-refractivity contribution >= 4 is 24.2 Å². The highest BCUT2D eigenvalue weighted by Gasteiger charge is 2.08. The van der Waals surface area contributed by atoms with E-state index in [1.54, 1.807) is 26.6 Å². The highest BCUT2D eigenvalue weighted by molar-refractivity contribution is 5.84. The molecule has 0 unspecified atom stereocenters. The lowest BCUT2D eigenvalue weighted by Gasteiger charge is -2.11. The van der Waals surface area contributed by atoms with Crippen LogP contribution < -0.4 is 29.8 Å². The molecule has 0 aromatic heterocycles. The maximum Gasteiger partial charge on any atom is 0.240 e. The van der Waals surface area contributed by atoms with Gasteiger partial charge in [-0.15, -0.1) is 0 Å². The molecule has 0 heterocycles. The SMILES string of the molecule is COc1cc(/C=N/NC(=O)CCCCCCCCC(=O)N/N=C/c2ccc(OCc3ccccc3)c(OC)c2)ccc1OCc1ccccc1. The number of hydrogen-bond donors (Lipinski definition) is 2. The van der Waals surface area contributed by atoms with Crippen LogP contribution in [-0.2, 0) is 22.8 Å². The summed E-state index contributed by atoms with van der Waals surface area (Å²) in [6.07, 6.45) is 9.42. The fraction of sp³-hybridized carbons (Fsp3) is 0.300. The number of methoxy groups -OCH3 is 2. The molecule has 0 fully saturated rings. The van der Waals surface area contributed by atoms with Gasteiger partial charge in [0, 0.05) is 12.8 Å². The highest BCUT2D eigenvalue weighted by atomic mass is 16.5. The number of nitrogens with one attached hydrogen (secondary N) is 2. The first-order valence-corrected chi connectivity index (χ1v) is 16.9. The molecule has 0 aliphatic rings. The maximum absolute atomic E-state index is 12.2. The summed E-state index contributed by atoms with van der Waals surface area (Å²) in [6, 6.07) is 30.8. The van der Waals surface area contributed by atoms with E-state index in [0.717, 1.165) is 60.8 Å². The molecule has 0 atom stereocenters. The quantitative estimate of drug-likeness (QED) is 0.0533. The number of carbonyl (C=O) groups excluding carboxylic acids is 2. The average Bonchev–Trinajstić information content (AvgIpc) is 3.15. The van der Waals surface area contributed by atoms with Crippen LogP contribution in [0.3, 0.4) is 0 Å². The Kier molecular flexibility index (Phi) is 15.9. The first-order chi connectivity index (χ1) is 24.5. The van der Waals surface area contributed by atoms with Gasteiger partial charge in [0.15, 0.2) is 23.0 Å². The third kappa shape index (κ3) is 13.5. The zero-order valence-corrected chi connectivity index (χ0v) is 28.8. The van der Waals surface area contributed by atoms with Crippen LogP contribution >= 0.6 is 0 Å². The molecule has 0 aliphatic heterocycles. The van der Waals surface area contributed by atoms with E-state index in [4.69, 9.17) is 18.9 Å². The highest BCUT2D eigenvalue weighted by Crippen LogP contribution is 2.29. The average molecular weight is 679 g/mol. The van der Waals surface area contributed by atoms with Gasteiger partial charge in [-0.25, -0.2) is 10.9 Å². The summed E-state index contributed by atoms with van der Waals surface area (Å²) < 4.78 is 22.7. The predicted molar refractivity (Wildman–Crippen MR) is 196 cm³/mol. The molecule has 262 valence electrons. The van der Waals surface area contributed by atoms with Gasteiger partial charge in [0.25, 0.3) is 0 Å². The molecule has 10 heteroatoms. The molecule has 0 radical (unpaired) electrons. The molecule has 4 aromatic carbocycles. The molecule has 10 nitrogen and oxygen atoms in total. The van der Waals surface area contributed by atoms with Crippen molar-refractivity contribution in [3.63, 3.8) is 0 Å². The van der Waals surface area contributed by atoms with Crippen LogP contribution in [-0.4, -0.2) is 38.5 Å². The Labute approximate surface area is 294 Å². The van der Waals surface area contributed by atoms with Crippen LogP contribution in [0.4, 0.5) is 0 Å². The normalized spacial score (nSPS) is 11.0. The van der Waals surface area contributed by atoms with Crippen molar-refractivity contribution in [1.29, 1.82) is 0 Å². The number of ether oxygens (including phenoxy) is 4. The molecule has 0 saturated carbocycles. The maximum atomic E-state index is 12.2. The van der Waals surface area contributed by atoms with Gasteiger partial charge in [-0.1, -0.05) is 86.3 Å². The van der Waals surface area contributed by atoms with Crippen molar-refractivity contribution in [3.8, 4) is 23.0 Å². The second-order valence-electron chi connectivity index (χ2n) is 11.6. The van der Waals surface area contributed by atoms with Crippen molar-refractivity contribution in [1.82, 2.24) is 10.9 Å². The van der Waals surface area contributed by atoms with Gasteiger partial charge in [0.05, 0.1) is 26.6 Å². The van der Waals surface area contributed by atoms with E-state index in [1.165, 1.54) is 0 Å². The van der Waals surface area contributed by atoms with Crippen LogP contribution in [0, 0.1) is 0 Å². The van der Waals surface area contributed by atoms with E-state index in [2.05, 4.69) is 21.1 Å². The minimum absolute atomic E-state index is 0.126. The molecule has 50 heavy (non-hydrogen) atoms. The van der Waals surface area contributed by atoms with Gasteiger partial charge in [0.2, 0.25) is 11.8 Å². The van der Waals surface area contributed by atoms with E-state index < -0.39 is 0 Å². The van der Waals surface area contributed by atoms with Crippen molar-refractivity contribution in [3.05, 3.63) is 119 Å². The lowest BCUT2D eigenvalue weighted by Crippen LogP contribution is -2.17. The number of hydrazone groups is 2. The van der Waals surface area contributed by atoms with Crippen LogP contribution in [0.15, 0.2) is 107 Å². The summed E-state index contributed by atoms with van der Waals surface area (Å²) in [5.74, 6) is 2.20. The molecule has 0 spiro atoms. The monoisotopic (exact) mass is 678 g/mol. The fourth-order valence-corrected chi connectivity index (χ4v) is 4.99.